The van der Waals surface area contributed by atoms with Crippen LogP contribution in [0.2, 0.25) is 0 Å². The Balaban J connectivity index is 0. The van der Waals surface area contributed by atoms with E-state index in [2.05, 4.69) is 17.9 Å². The minimum absolute atomic E-state index is 0.0556. The van der Waals surface area contributed by atoms with Gasteiger partial charge in [0, 0.05) is 0 Å². The van der Waals surface area contributed by atoms with Crippen LogP contribution in [0.25, 0.3) is 0 Å². The Kier molecular flexibility index (Phi) is 10.8. The molecule has 5 heteroatoms. The van der Waals surface area contributed by atoms with Crippen LogP contribution in [0.5, 0.6) is 0 Å². The van der Waals surface area contributed by atoms with E-state index in [1.807, 2.05) is 0 Å². The SMILES string of the molecule is C=CCC(=O)O.C=COCC(=O)O. The van der Waals surface area contributed by atoms with E-state index in [1.165, 1.54) is 6.08 Å². The molecule has 0 aromatic rings. The summed E-state index contributed by atoms with van der Waals surface area (Å²) in [6.07, 6.45) is 2.50. The Morgan fingerprint density at radius 2 is 1.77 bits per heavy atom. The molecular formula is C8H12O5. The summed E-state index contributed by atoms with van der Waals surface area (Å²) in [5.41, 5.74) is 0. The smallest absolute Gasteiger partial charge is 0.341 e. The third kappa shape index (κ3) is 25.3. The monoisotopic (exact) mass is 188 g/mol. The molecule has 0 radical (unpaired) electrons. The van der Waals surface area contributed by atoms with Crippen molar-refractivity contribution >= 4 is 11.9 Å². The maximum Gasteiger partial charge on any atom is 0.341 e. The third-order valence-electron chi connectivity index (χ3n) is 0.644. The molecule has 0 aliphatic carbocycles. The zero-order valence-electron chi connectivity index (χ0n) is 7.10. The van der Waals surface area contributed by atoms with Gasteiger partial charge in [-0.05, 0) is 0 Å². The Morgan fingerprint density at radius 1 is 1.23 bits per heavy atom. The lowest BCUT2D eigenvalue weighted by atomic mass is 10.4. The number of hydrogen-bond acceptors (Lipinski definition) is 3. The summed E-state index contributed by atoms with van der Waals surface area (Å²) >= 11 is 0. The van der Waals surface area contributed by atoms with Crippen molar-refractivity contribution < 1.29 is 24.5 Å². The van der Waals surface area contributed by atoms with Crippen LogP contribution in [-0.2, 0) is 14.3 Å². The van der Waals surface area contributed by atoms with E-state index in [1.54, 1.807) is 0 Å². The van der Waals surface area contributed by atoms with Crippen LogP contribution in [0.3, 0.4) is 0 Å². The molecule has 0 unspecified atom stereocenters. The fourth-order valence-corrected chi connectivity index (χ4v) is 0.254. The lowest BCUT2D eigenvalue weighted by Gasteiger charge is -1.89. The molecule has 13 heavy (non-hydrogen) atoms. The largest absolute Gasteiger partial charge is 0.490 e. The predicted molar refractivity (Wildman–Crippen MR) is 46.2 cm³/mol. The molecule has 74 valence electrons. The molecule has 0 heterocycles. The number of rotatable bonds is 5. The van der Waals surface area contributed by atoms with Gasteiger partial charge in [-0.3, -0.25) is 4.79 Å². The van der Waals surface area contributed by atoms with Crippen LogP contribution in [0, 0.1) is 0 Å². The number of carboxylic acid groups (broad SMARTS) is 2. The van der Waals surface area contributed by atoms with Gasteiger partial charge in [-0.25, -0.2) is 4.79 Å². The van der Waals surface area contributed by atoms with Gasteiger partial charge in [-0.1, -0.05) is 12.7 Å². The third-order valence-corrected chi connectivity index (χ3v) is 0.644. The fraction of sp³-hybridized carbons (Fsp3) is 0.250. The van der Waals surface area contributed by atoms with Crippen LogP contribution >= 0.6 is 0 Å². The van der Waals surface area contributed by atoms with E-state index in [0.29, 0.717) is 0 Å². The fourth-order valence-electron chi connectivity index (χ4n) is 0.254. The van der Waals surface area contributed by atoms with Gasteiger partial charge in [0.15, 0.2) is 6.61 Å². The van der Waals surface area contributed by atoms with Crippen molar-refractivity contribution in [3.8, 4) is 0 Å². The standard InChI is InChI=1S/C4H6O3.C4H6O2/c1-2-7-3-4(5)6;1-2-3-4(5)6/h2H,1,3H2,(H,5,6);2H,1,3H2,(H,5,6). The second-order valence-electron chi connectivity index (χ2n) is 1.76. The van der Waals surface area contributed by atoms with E-state index < -0.39 is 11.9 Å². The molecule has 0 aromatic carbocycles. The molecule has 0 amide bonds. The molecular weight excluding hydrogens is 176 g/mol. The van der Waals surface area contributed by atoms with Crippen molar-refractivity contribution in [2.45, 2.75) is 6.42 Å². The van der Waals surface area contributed by atoms with E-state index in [9.17, 15) is 9.59 Å². The minimum atomic E-state index is -0.986. The summed E-state index contributed by atoms with van der Waals surface area (Å²) < 4.78 is 4.26. The summed E-state index contributed by atoms with van der Waals surface area (Å²) in [5, 5.41) is 15.7. The number of carboxylic acids is 2. The molecule has 5 nitrogen and oxygen atoms in total. The maximum atomic E-state index is 9.59. The molecule has 0 aliphatic heterocycles. The first-order valence-electron chi connectivity index (χ1n) is 3.31. The molecule has 0 spiro atoms. The number of ether oxygens (including phenoxy) is 1. The van der Waals surface area contributed by atoms with Crippen molar-refractivity contribution in [3.63, 3.8) is 0 Å². The number of carbonyl (C=O) groups is 2. The second kappa shape index (κ2) is 10.2. The molecule has 0 saturated carbocycles. The minimum Gasteiger partial charge on any atom is -0.490 e. The average molecular weight is 188 g/mol. The molecule has 0 rings (SSSR count). The van der Waals surface area contributed by atoms with Crippen LogP contribution in [0.15, 0.2) is 25.5 Å². The summed E-state index contributed by atoms with van der Waals surface area (Å²) in [5.74, 6) is -1.81. The van der Waals surface area contributed by atoms with Crippen molar-refractivity contribution in [2.75, 3.05) is 6.61 Å². The Morgan fingerprint density at radius 3 is 1.85 bits per heavy atom. The molecule has 0 bridgehead atoms. The highest BCUT2D eigenvalue weighted by Gasteiger charge is 1.89. The van der Waals surface area contributed by atoms with Crippen LogP contribution < -0.4 is 0 Å². The average Bonchev–Trinajstić information content (AvgIpc) is 2.01. The summed E-state index contributed by atoms with van der Waals surface area (Å²) in [6, 6.07) is 0. The van der Waals surface area contributed by atoms with Gasteiger partial charge in [-0.2, -0.15) is 0 Å². The highest BCUT2D eigenvalue weighted by atomic mass is 16.5. The van der Waals surface area contributed by atoms with Crippen molar-refractivity contribution in [2.24, 2.45) is 0 Å². The summed E-state index contributed by atoms with van der Waals surface area (Å²) in [7, 11) is 0. The number of hydrogen-bond donors (Lipinski definition) is 2. The van der Waals surface area contributed by atoms with E-state index >= 15 is 0 Å². The van der Waals surface area contributed by atoms with Gasteiger partial charge in [0.05, 0.1) is 12.7 Å². The first-order chi connectivity index (χ1) is 6.04. The van der Waals surface area contributed by atoms with Gasteiger partial charge in [0.2, 0.25) is 0 Å². The highest BCUT2D eigenvalue weighted by molar-refractivity contribution is 5.68. The lowest BCUT2D eigenvalue weighted by molar-refractivity contribution is -0.140. The molecule has 0 saturated heterocycles. The van der Waals surface area contributed by atoms with Gasteiger partial charge in [-0.15, -0.1) is 6.58 Å². The topological polar surface area (TPSA) is 83.8 Å². The molecule has 2 N–H and O–H groups in total. The lowest BCUT2D eigenvalue weighted by Crippen LogP contribution is -2.02. The van der Waals surface area contributed by atoms with Crippen LogP contribution in [-0.4, -0.2) is 28.8 Å². The van der Waals surface area contributed by atoms with Crippen LogP contribution in [0.1, 0.15) is 6.42 Å². The first-order valence-corrected chi connectivity index (χ1v) is 3.31. The van der Waals surface area contributed by atoms with Crippen LogP contribution in [0.4, 0.5) is 0 Å². The molecule has 0 atom stereocenters. The highest BCUT2D eigenvalue weighted by Crippen LogP contribution is 1.74. The van der Waals surface area contributed by atoms with Gasteiger partial charge in [0.25, 0.3) is 0 Å². The van der Waals surface area contributed by atoms with Gasteiger partial charge in [0.1, 0.15) is 0 Å². The maximum absolute atomic E-state index is 9.59. The Labute approximate surface area is 75.9 Å². The summed E-state index contributed by atoms with van der Waals surface area (Å²) in [6.45, 7) is 6.06. The zero-order chi connectivity index (χ0) is 10.7. The Bertz CT molecular complexity index is 185. The normalized spacial score (nSPS) is 7.38. The molecule has 0 aliphatic rings. The quantitative estimate of drug-likeness (QED) is 0.494. The molecule has 0 aromatic heterocycles. The first kappa shape index (κ1) is 13.8. The summed E-state index contributed by atoms with van der Waals surface area (Å²) in [4.78, 5) is 19.1. The van der Waals surface area contributed by atoms with Crippen molar-refractivity contribution in [1.29, 1.82) is 0 Å². The molecule has 0 fully saturated rings. The van der Waals surface area contributed by atoms with E-state index in [-0.39, 0.29) is 13.0 Å². The van der Waals surface area contributed by atoms with Crippen molar-refractivity contribution in [3.05, 3.63) is 25.5 Å². The van der Waals surface area contributed by atoms with Gasteiger partial charge >= 0.3 is 11.9 Å². The predicted octanol–water partition coefficient (Wildman–Crippen LogP) is 0.878. The Hall–Kier alpha value is -1.78. The second-order valence-corrected chi connectivity index (χ2v) is 1.76. The van der Waals surface area contributed by atoms with E-state index in [0.717, 1.165) is 6.26 Å². The van der Waals surface area contributed by atoms with Gasteiger partial charge < -0.3 is 14.9 Å². The van der Waals surface area contributed by atoms with E-state index in [4.69, 9.17) is 10.2 Å². The zero-order valence-corrected chi connectivity index (χ0v) is 7.10. The number of aliphatic carboxylic acids is 2. The van der Waals surface area contributed by atoms with Crippen molar-refractivity contribution in [1.82, 2.24) is 0 Å².